The molecule has 3 heterocycles. The summed E-state index contributed by atoms with van der Waals surface area (Å²) in [5, 5.41) is 10.1. The number of hydrogen-bond donors (Lipinski definition) is 2. The number of nitrogens with one attached hydrogen (secondary N) is 1. The largest absolute Gasteiger partial charge is 0.396 e. The first kappa shape index (κ1) is 17.9. The van der Waals surface area contributed by atoms with Crippen molar-refractivity contribution in [3.8, 4) is 11.3 Å². The molecule has 27 heavy (non-hydrogen) atoms. The molecule has 4 rings (SSSR count). The van der Waals surface area contributed by atoms with Crippen LogP contribution in [0, 0.1) is 5.92 Å². The van der Waals surface area contributed by atoms with Crippen molar-refractivity contribution in [3.05, 3.63) is 42.2 Å². The summed E-state index contributed by atoms with van der Waals surface area (Å²) in [6.07, 6.45) is 4.52. The Hall–Kier alpha value is -2.44. The molecule has 1 aliphatic heterocycles. The van der Waals surface area contributed by atoms with E-state index in [1.165, 1.54) is 0 Å². The molecule has 0 atom stereocenters. The van der Waals surface area contributed by atoms with Crippen LogP contribution in [-0.2, 0) is 11.2 Å². The zero-order valence-electron chi connectivity index (χ0n) is 15.7. The number of benzene rings is 1. The fraction of sp³-hybridized carbons (Fsp3) is 0.429. The number of hydrogen-bond acceptors (Lipinski definition) is 5. The lowest BCUT2D eigenvalue weighted by molar-refractivity contribution is 0.0685. The first-order chi connectivity index (χ1) is 13.2. The summed E-state index contributed by atoms with van der Waals surface area (Å²) in [6.45, 7) is 2.87. The Bertz CT molecular complexity index is 885. The van der Waals surface area contributed by atoms with E-state index in [0.717, 1.165) is 66.3 Å². The van der Waals surface area contributed by atoms with Crippen molar-refractivity contribution in [1.29, 1.82) is 0 Å². The molecule has 0 unspecified atom stereocenters. The first-order valence-electron chi connectivity index (χ1n) is 9.57. The number of nitrogens with zero attached hydrogens (tertiary/aromatic N) is 3. The molecule has 6 heteroatoms. The van der Waals surface area contributed by atoms with Gasteiger partial charge >= 0.3 is 0 Å². The lowest BCUT2D eigenvalue weighted by atomic mass is 10.00. The van der Waals surface area contributed by atoms with Gasteiger partial charge in [0.05, 0.1) is 5.39 Å². The smallest absolute Gasteiger partial charge is 0.143 e. The Morgan fingerprint density at radius 3 is 2.70 bits per heavy atom. The third-order valence-electron chi connectivity index (χ3n) is 5.30. The Labute approximate surface area is 159 Å². The summed E-state index contributed by atoms with van der Waals surface area (Å²) < 4.78 is 5.47. The number of aromatic amines is 1. The number of H-pyrrole nitrogens is 1. The van der Waals surface area contributed by atoms with Crippen molar-refractivity contribution in [1.82, 2.24) is 15.0 Å². The molecule has 1 aromatic carbocycles. The van der Waals surface area contributed by atoms with Crippen molar-refractivity contribution in [2.24, 2.45) is 5.92 Å². The molecule has 2 N–H and O–H groups in total. The second-order valence-electron chi connectivity index (χ2n) is 7.25. The molecule has 1 fully saturated rings. The maximum absolute atomic E-state index is 9.07. The molecule has 2 aromatic heterocycles. The van der Waals surface area contributed by atoms with Gasteiger partial charge in [0, 0.05) is 39.1 Å². The number of aliphatic hydroxyl groups is 1. The van der Waals surface area contributed by atoms with E-state index >= 15 is 0 Å². The summed E-state index contributed by atoms with van der Waals surface area (Å²) >= 11 is 0. The van der Waals surface area contributed by atoms with Crippen LogP contribution in [0.1, 0.15) is 18.4 Å². The van der Waals surface area contributed by atoms with Crippen molar-refractivity contribution in [2.45, 2.75) is 19.3 Å². The molecule has 6 nitrogen and oxygen atoms in total. The third-order valence-corrected chi connectivity index (χ3v) is 5.30. The fourth-order valence-corrected chi connectivity index (χ4v) is 3.77. The van der Waals surface area contributed by atoms with Gasteiger partial charge in [0.15, 0.2) is 0 Å². The number of aliphatic hydroxyl groups excluding tert-OH is 1. The van der Waals surface area contributed by atoms with Crippen LogP contribution in [0.2, 0.25) is 0 Å². The second-order valence-corrected chi connectivity index (χ2v) is 7.25. The van der Waals surface area contributed by atoms with Crippen molar-refractivity contribution in [3.63, 3.8) is 0 Å². The summed E-state index contributed by atoms with van der Waals surface area (Å²) in [5.74, 6) is 1.61. The van der Waals surface area contributed by atoms with Crippen LogP contribution in [-0.4, -0.2) is 53.5 Å². The Morgan fingerprint density at radius 2 is 1.96 bits per heavy atom. The van der Waals surface area contributed by atoms with Gasteiger partial charge in [-0.3, -0.25) is 0 Å². The van der Waals surface area contributed by atoms with Crippen molar-refractivity contribution < 1.29 is 9.84 Å². The first-order valence-corrected chi connectivity index (χ1v) is 9.57. The molecule has 1 aliphatic rings. The summed E-state index contributed by atoms with van der Waals surface area (Å²) in [4.78, 5) is 14.6. The number of ether oxygens (including phenoxy) is 1. The molecule has 0 bridgehead atoms. The average Bonchev–Trinajstić information content (AvgIpc) is 3.14. The van der Waals surface area contributed by atoms with E-state index in [2.05, 4.69) is 57.2 Å². The highest BCUT2D eigenvalue weighted by Crippen LogP contribution is 2.29. The lowest BCUT2D eigenvalue weighted by Gasteiger charge is -2.27. The SMILES string of the molecule is CN(CC1CCOCC1)c1ncnc2[nH]c(-c3ccc(CCO)cc3)cc12. The Morgan fingerprint density at radius 1 is 1.19 bits per heavy atom. The highest BCUT2D eigenvalue weighted by molar-refractivity contribution is 5.91. The summed E-state index contributed by atoms with van der Waals surface area (Å²) in [5.41, 5.74) is 4.12. The van der Waals surface area contributed by atoms with Gasteiger partial charge in [0.1, 0.15) is 17.8 Å². The number of anilines is 1. The van der Waals surface area contributed by atoms with Gasteiger partial charge < -0.3 is 19.7 Å². The van der Waals surface area contributed by atoms with Gasteiger partial charge in [-0.25, -0.2) is 9.97 Å². The molecule has 1 saturated heterocycles. The van der Waals surface area contributed by atoms with E-state index in [4.69, 9.17) is 9.84 Å². The maximum Gasteiger partial charge on any atom is 0.143 e. The van der Waals surface area contributed by atoms with E-state index in [1.54, 1.807) is 6.33 Å². The topological polar surface area (TPSA) is 74.3 Å². The predicted molar refractivity (Wildman–Crippen MR) is 107 cm³/mol. The minimum atomic E-state index is 0.171. The molecule has 142 valence electrons. The van der Waals surface area contributed by atoms with Crippen LogP contribution in [0.3, 0.4) is 0 Å². The maximum atomic E-state index is 9.07. The molecule has 0 saturated carbocycles. The quantitative estimate of drug-likeness (QED) is 0.701. The van der Waals surface area contributed by atoms with Crippen molar-refractivity contribution >= 4 is 16.9 Å². The minimum Gasteiger partial charge on any atom is -0.396 e. The van der Waals surface area contributed by atoms with Gasteiger partial charge in [-0.05, 0) is 42.4 Å². The lowest BCUT2D eigenvalue weighted by Crippen LogP contribution is -2.30. The Balaban J connectivity index is 1.59. The number of aromatic nitrogens is 3. The van der Waals surface area contributed by atoms with E-state index in [9.17, 15) is 0 Å². The van der Waals surface area contributed by atoms with E-state index < -0.39 is 0 Å². The van der Waals surface area contributed by atoms with E-state index in [-0.39, 0.29) is 6.61 Å². The van der Waals surface area contributed by atoms with Crippen molar-refractivity contribution in [2.75, 3.05) is 38.3 Å². The molecule has 0 aliphatic carbocycles. The molecular weight excluding hydrogens is 340 g/mol. The highest BCUT2D eigenvalue weighted by atomic mass is 16.5. The predicted octanol–water partition coefficient (Wildman–Crippen LogP) is 3.02. The monoisotopic (exact) mass is 366 g/mol. The standard InChI is InChI=1S/C21H26N4O2/c1-25(13-16-7-10-27-11-8-16)21-18-12-19(24-20(18)22-14-23-21)17-4-2-15(3-5-17)6-9-26/h2-5,12,14,16,26H,6-11,13H2,1H3,(H,22,23,24). The number of rotatable bonds is 6. The highest BCUT2D eigenvalue weighted by Gasteiger charge is 2.19. The van der Waals surface area contributed by atoms with Crippen LogP contribution in [0.15, 0.2) is 36.7 Å². The van der Waals surface area contributed by atoms with Crippen LogP contribution in [0.5, 0.6) is 0 Å². The third kappa shape index (κ3) is 3.96. The Kier molecular flexibility index (Phi) is 5.36. The second kappa shape index (κ2) is 8.06. The van der Waals surface area contributed by atoms with Gasteiger partial charge in [-0.1, -0.05) is 24.3 Å². The van der Waals surface area contributed by atoms with E-state index in [1.807, 2.05) is 0 Å². The minimum absolute atomic E-state index is 0.171. The molecule has 0 spiro atoms. The van der Waals surface area contributed by atoms with Crippen LogP contribution >= 0.6 is 0 Å². The molecule has 3 aromatic rings. The van der Waals surface area contributed by atoms with Crippen LogP contribution in [0.4, 0.5) is 5.82 Å². The van der Waals surface area contributed by atoms with Gasteiger partial charge in [0.2, 0.25) is 0 Å². The van der Waals surface area contributed by atoms with Gasteiger partial charge in [0.25, 0.3) is 0 Å². The number of fused-ring (bicyclic) bond motifs is 1. The average molecular weight is 366 g/mol. The molecular formula is C21H26N4O2. The van der Waals surface area contributed by atoms with Crippen LogP contribution < -0.4 is 4.90 Å². The fourth-order valence-electron chi connectivity index (χ4n) is 3.77. The molecule has 0 amide bonds. The summed E-state index contributed by atoms with van der Waals surface area (Å²) in [7, 11) is 2.10. The zero-order valence-corrected chi connectivity index (χ0v) is 15.7. The van der Waals surface area contributed by atoms with Gasteiger partial charge in [-0.15, -0.1) is 0 Å². The normalized spacial score (nSPS) is 15.3. The molecule has 0 radical (unpaired) electrons. The van der Waals surface area contributed by atoms with E-state index in [0.29, 0.717) is 12.3 Å². The van der Waals surface area contributed by atoms with Gasteiger partial charge in [-0.2, -0.15) is 0 Å². The summed E-state index contributed by atoms with van der Waals surface area (Å²) in [6, 6.07) is 10.4. The zero-order chi connectivity index (χ0) is 18.6. The van der Waals surface area contributed by atoms with Crippen LogP contribution in [0.25, 0.3) is 22.3 Å².